The predicted molar refractivity (Wildman–Crippen MR) is 75.8 cm³/mol. The first-order valence-electron chi connectivity index (χ1n) is 5.65. The summed E-state index contributed by atoms with van der Waals surface area (Å²) in [5, 5.41) is 1.39. The smallest absolute Gasteiger partial charge is 0.231 e. The summed E-state index contributed by atoms with van der Waals surface area (Å²) in [5.41, 5.74) is 7.58. The van der Waals surface area contributed by atoms with E-state index in [1.54, 1.807) is 18.0 Å². The maximum Gasteiger partial charge on any atom is 0.231 e. The van der Waals surface area contributed by atoms with Crippen molar-refractivity contribution in [1.29, 1.82) is 0 Å². The lowest BCUT2D eigenvalue weighted by Gasteiger charge is -2.06. The van der Waals surface area contributed by atoms with E-state index in [1.165, 1.54) is 0 Å². The molecule has 2 N–H and O–H groups in total. The lowest BCUT2D eigenvalue weighted by Crippen LogP contribution is -1.93. The largest absolute Gasteiger partial charge is 0.454 e. The van der Waals surface area contributed by atoms with E-state index in [-0.39, 0.29) is 6.79 Å². The monoisotopic (exact) mass is 294 g/mol. The molecule has 0 atom stereocenters. The number of ether oxygens (including phenoxy) is 2. The van der Waals surface area contributed by atoms with Gasteiger partial charge < -0.3 is 15.2 Å². The third kappa shape index (κ3) is 2.57. The molecule has 0 spiro atoms. The molecular weight excluding hydrogens is 284 g/mol. The van der Waals surface area contributed by atoms with E-state index in [0.717, 1.165) is 16.3 Å². The van der Waals surface area contributed by atoms with Gasteiger partial charge in [-0.2, -0.15) is 0 Å². The van der Waals surface area contributed by atoms with Crippen LogP contribution in [-0.2, 0) is 5.75 Å². The van der Waals surface area contributed by atoms with Crippen molar-refractivity contribution in [1.82, 2.24) is 4.98 Å². The first-order valence-corrected chi connectivity index (χ1v) is 7.02. The number of hydrogen-bond donors (Lipinski definition) is 1. The Morgan fingerprint density at radius 2 is 2.26 bits per heavy atom. The van der Waals surface area contributed by atoms with Crippen LogP contribution in [0.3, 0.4) is 0 Å². The Balaban J connectivity index is 1.78. The van der Waals surface area contributed by atoms with Crippen molar-refractivity contribution in [2.45, 2.75) is 10.8 Å². The fourth-order valence-electron chi connectivity index (χ4n) is 1.78. The van der Waals surface area contributed by atoms with Gasteiger partial charge in [0.1, 0.15) is 5.03 Å². The van der Waals surface area contributed by atoms with Gasteiger partial charge in [0, 0.05) is 11.9 Å². The van der Waals surface area contributed by atoms with Gasteiger partial charge in [-0.25, -0.2) is 4.98 Å². The molecule has 1 aliphatic heterocycles. The molecule has 0 fully saturated rings. The lowest BCUT2D eigenvalue weighted by atomic mass is 10.2. The Hall–Kier alpha value is -1.59. The Morgan fingerprint density at radius 1 is 1.37 bits per heavy atom. The maximum absolute atomic E-state index is 6.13. The SMILES string of the molecule is Nc1cccnc1SCc1cc(Cl)c2c(c1)OCO2. The summed E-state index contributed by atoms with van der Waals surface area (Å²) in [6, 6.07) is 7.46. The molecule has 0 saturated heterocycles. The number of nitrogens with zero attached hydrogens (tertiary/aromatic N) is 1. The topological polar surface area (TPSA) is 57.4 Å². The molecule has 2 aromatic rings. The van der Waals surface area contributed by atoms with Gasteiger partial charge in [0.15, 0.2) is 11.5 Å². The number of nitrogen functional groups attached to an aromatic ring is 1. The van der Waals surface area contributed by atoms with Crippen LogP contribution in [0, 0.1) is 0 Å². The highest BCUT2D eigenvalue weighted by Gasteiger charge is 2.18. The fourth-order valence-corrected chi connectivity index (χ4v) is 2.91. The molecular formula is C13H11ClN2O2S. The highest BCUT2D eigenvalue weighted by atomic mass is 35.5. The van der Waals surface area contributed by atoms with E-state index < -0.39 is 0 Å². The summed E-state index contributed by atoms with van der Waals surface area (Å²) in [6.07, 6.45) is 1.73. The van der Waals surface area contributed by atoms with Crippen LogP contribution >= 0.6 is 23.4 Å². The predicted octanol–water partition coefficient (Wildman–Crippen LogP) is 3.34. The molecule has 0 bridgehead atoms. The van der Waals surface area contributed by atoms with Gasteiger partial charge in [-0.1, -0.05) is 23.4 Å². The number of thioether (sulfide) groups is 1. The highest BCUT2D eigenvalue weighted by Crippen LogP contribution is 2.41. The molecule has 1 aliphatic rings. The van der Waals surface area contributed by atoms with Crippen LogP contribution in [0.2, 0.25) is 5.02 Å². The van der Waals surface area contributed by atoms with Gasteiger partial charge in [0.05, 0.1) is 10.7 Å². The summed E-state index contributed by atoms with van der Waals surface area (Å²) in [5.74, 6) is 2.03. The van der Waals surface area contributed by atoms with Gasteiger partial charge in [-0.05, 0) is 29.8 Å². The highest BCUT2D eigenvalue weighted by molar-refractivity contribution is 7.98. The summed E-state index contributed by atoms with van der Waals surface area (Å²) in [6.45, 7) is 0.221. The van der Waals surface area contributed by atoms with Crippen LogP contribution in [0.1, 0.15) is 5.56 Å². The minimum Gasteiger partial charge on any atom is -0.454 e. The number of hydrogen-bond acceptors (Lipinski definition) is 5. The van der Waals surface area contributed by atoms with Crippen LogP contribution in [0.5, 0.6) is 11.5 Å². The minimum atomic E-state index is 0.221. The molecule has 0 radical (unpaired) electrons. The standard InChI is InChI=1S/C13H11ClN2O2S/c14-9-4-8(5-11-12(9)18-7-17-11)6-19-13-10(15)2-1-3-16-13/h1-5H,6-7,15H2. The molecule has 19 heavy (non-hydrogen) atoms. The number of anilines is 1. The molecule has 4 nitrogen and oxygen atoms in total. The van der Waals surface area contributed by atoms with Crippen LogP contribution < -0.4 is 15.2 Å². The van der Waals surface area contributed by atoms with E-state index in [9.17, 15) is 0 Å². The molecule has 3 rings (SSSR count). The minimum absolute atomic E-state index is 0.221. The van der Waals surface area contributed by atoms with Crippen LogP contribution in [0.15, 0.2) is 35.5 Å². The fraction of sp³-hybridized carbons (Fsp3) is 0.154. The number of fused-ring (bicyclic) bond motifs is 1. The van der Waals surface area contributed by atoms with Crippen molar-refractivity contribution in [3.05, 3.63) is 41.0 Å². The Morgan fingerprint density at radius 3 is 3.11 bits per heavy atom. The Labute approximate surface area is 119 Å². The van der Waals surface area contributed by atoms with Crippen LogP contribution in [0.25, 0.3) is 0 Å². The molecule has 98 valence electrons. The molecule has 0 unspecified atom stereocenters. The number of rotatable bonds is 3. The molecule has 0 amide bonds. The summed E-state index contributed by atoms with van der Waals surface area (Å²) >= 11 is 7.70. The zero-order valence-corrected chi connectivity index (χ0v) is 11.5. The summed E-state index contributed by atoms with van der Waals surface area (Å²) in [4.78, 5) is 4.24. The number of halogens is 1. The van der Waals surface area contributed by atoms with E-state index >= 15 is 0 Å². The van der Waals surface area contributed by atoms with Crippen molar-refractivity contribution in [3.63, 3.8) is 0 Å². The third-order valence-electron chi connectivity index (χ3n) is 2.66. The van der Waals surface area contributed by atoms with E-state index in [1.807, 2.05) is 24.3 Å². The van der Waals surface area contributed by atoms with Crippen LogP contribution in [0.4, 0.5) is 5.69 Å². The van der Waals surface area contributed by atoms with Crippen molar-refractivity contribution >= 4 is 29.1 Å². The normalized spacial score (nSPS) is 12.7. The van der Waals surface area contributed by atoms with Crippen molar-refractivity contribution < 1.29 is 9.47 Å². The van der Waals surface area contributed by atoms with Crippen molar-refractivity contribution in [2.24, 2.45) is 0 Å². The average molecular weight is 295 g/mol. The lowest BCUT2D eigenvalue weighted by molar-refractivity contribution is 0.174. The quantitative estimate of drug-likeness (QED) is 0.880. The maximum atomic E-state index is 6.13. The first kappa shape index (κ1) is 12.4. The van der Waals surface area contributed by atoms with Gasteiger partial charge in [0.2, 0.25) is 6.79 Å². The van der Waals surface area contributed by atoms with E-state index in [0.29, 0.717) is 22.2 Å². The summed E-state index contributed by atoms with van der Waals surface area (Å²) in [7, 11) is 0. The number of nitrogens with two attached hydrogens (primary N) is 1. The molecule has 6 heteroatoms. The molecule has 1 aromatic heterocycles. The van der Waals surface area contributed by atoms with E-state index in [2.05, 4.69) is 4.98 Å². The Kier molecular flexibility index (Phi) is 3.40. The molecule has 0 saturated carbocycles. The second-order valence-electron chi connectivity index (χ2n) is 4.00. The van der Waals surface area contributed by atoms with Crippen molar-refractivity contribution in [2.75, 3.05) is 12.5 Å². The van der Waals surface area contributed by atoms with Crippen molar-refractivity contribution in [3.8, 4) is 11.5 Å². The van der Waals surface area contributed by atoms with Gasteiger partial charge in [0.25, 0.3) is 0 Å². The first-order chi connectivity index (χ1) is 9.24. The number of benzene rings is 1. The zero-order valence-electron chi connectivity index (χ0n) is 9.93. The van der Waals surface area contributed by atoms with Crippen LogP contribution in [-0.4, -0.2) is 11.8 Å². The van der Waals surface area contributed by atoms with Gasteiger partial charge in [-0.15, -0.1) is 0 Å². The average Bonchev–Trinajstić information content (AvgIpc) is 2.87. The molecule has 2 heterocycles. The third-order valence-corrected chi connectivity index (χ3v) is 4.04. The second-order valence-corrected chi connectivity index (χ2v) is 5.37. The number of aromatic nitrogens is 1. The summed E-state index contributed by atoms with van der Waals surface area (Å²) < 4.78 is 10.6. The van der Waals surface area contributed by atoms with Gasteiger partial charge in [-0.3, -0.25) is 0 Å². The van der Waals surface area contributed by atoms with E-state index in [4.69, 9.17) is 26.8 Å². The zero-order chi connectivity index (χ0) is 13.2. The molecule has 1 aromatic carbocycles. The molecule has 0 aliphatic carbocycles. The van der Waals surface area contributed by atoms with Gasteiger partial charge >= 0.3 is 0 Å². The number of pyridine rings is 1. The second kappa shape index (κ2) is 5.19. The Bertz CT molecular complexity index is 622.